The molecule has 4 nitrogen and oxygen atoms in total. The van der Waals surface area contributed by atoms with Crippen molar-refractivity contribution in [2.75, 3.05) is 0 Å². The molecule has 0 bridgehead atoms. The zero-order chi connectivity index (χ0) is 12.3. The van der Waals surface area contributed by atoms with Gasteiger partial charge in [-0.05, 0) is 26.8 Å². The molecule has 0 saturated heterocycles. The maximum absolute atomic E-state index is 5.52. The molecule has 0 aromatic carbocycles. The molecule has 1 atom stereocenters. The summed E-state index contributed by atoms with van der Waals surface area (Å²) in [6.07, 6.45) is 5.15. The van der Waals surface area contributed by atoms with Crippen LogP contribution in [-0.2, 0) is 6.54 Å². The number of hydrogen-bond acceptors (Lipinski definition) is 4. The molecule has 0 fully saturated rings. The topological polar surface area (TPSA) is 51.0 Å². The van der Waals surface area contributed by atoms with Crippen molar-refractivity contribution in [2.45, 2.75) is 33.4 Å². The maximum Gasteiger partial charge on any atom is 0.105 e. The summed E-state index contributed by atoms with van der Waals surface area (Å²) in [5, 5.41) is 3.41. The zero-order valence-electron chi connectivity index (χ0n) is 10.4. The van der Waals surface area contributed by atoms with Gasteiger partial charge in [-0.2, -0.15) is 0 Å². The van der Waals surface area contributed by atoms with Crippen LogP contribution in [0, 0.1) is 13.8 Å². The minimum atomic E-state index is 0.245. The Kier molecular flexibility index (Phi) is 3.54. The van der Waals surface area contributed by atoms with Crippen molar-refractivity contribution in [3.05, 3.63) is 47.4 Å². The Hall–Kier alpha value is -1.68. The van der Waals surface area contributed by atoms with E-state index in [1.165, 1.54) is 5.56 Å². The molecular weight excluding hydrogens is 214 g/mol. The zero-order valence-corrected chi connectivity index (χ0v) is 10.4. The number of rotatable bonds is 4. The second-order valence-corrected chi connectivity index (χ2v) is 4.17. The van der Waals surface area contributed by atoms with Gasteiger partial charge in [-0.1, -0.05) is 0 Å². The Morgan fingerprint density at radius 2 is 2.18 bits per heavy atom. The van der Waals surface area contributed by atoms with Gasteiger partial charge in [0.05, 0.1) is 5.69 Å². The molecule has 2 rings (SSSR count). The van der Waals surface area contributed by atoms with Crippen LogP contribution >= 0.6 is 0 Å². The summed E-state index contributed by atoms with van der Waals surface area (Å²) < 4.78 is 5.52. The molecule has 2 aromatic rings. The van der Waals surface area contributed by atoms with Crippen molar-refractivity contribution in [3.63, 3.8) is 0 Å². The van der Waals surface area contributed by atoms with Gasteiger partial charge in [0.25, 0.3) is 0 Å². The highest BCUT2D eigenvalue weighted by Gasteiger charge is 2.12. The van der Waals surface area contributed by atoms with Crippen molar-refractivity contribution in [2.24, 2.45) is 0 Å². The molecule has 0 radical (unpaired) electrons. The first-order valence-corrected chi connectivity index (χ1v) is 5.72. The Bertz CT molecular complexity index is 479. The highest BCUT2D eigenvalue weighted by Crippen LogP contribution is 2.21. The summed E-state index contributed by atoms with van der Waals surface area (Å²) in [4.78, 5) is 8.26. The second kappa shape index (κ2) is 5.10. The first-order valence-electron chi connectivity index (χ1n) is 5.72. The van der Waals surface area contributed by atoms with E-state index in [0.717, 1.165) is 17.2 Å². The van der Waals surface area contributed by atoms with Gasteiger partial charge in [-0.25, -0.2) is 0 Å². The van der Waals surface area contributed by atoms with Gasteiger partial charge >= 0.3 is 0 Å². The largest absolute Gasteiger partial charge is 0.466 e. The minimum absolute atomic E-state index is 0.245. The van der Waals surface area contributed by atoms with Crippen LogP contribution in [-0.4, -0.2) is 9.97 Å². The predicted octanol–water partition coefficient (Wildman–Crippen LogP) is 2.54. The Morgan fingerprint density at radius 1 is 1.35 bits per heavy atom. The van der Waals surface area contributed by atoms with Crippen LogP contribution < -0.4 is 5.32 Å². The van der Waals surface area contributed by atoms with Crippen molar-refractivity contribution in [1.82, 2.24) is 15.3 Å². The normalized spacial score (nSPS) is 12.6. The summed E-state index contributed by atoms with van der Waals surface area (Å²) >= 11 is 0. The summed E-state index contributed by atoms with van der Waals surface area (Å²) in [5.41, 5.74) is 2.14. The van der Waals surface area contributed by atoms with Crippen molar-refractivity contribution < 1.29 is 4.42 Å². The third kappa shape index (κ3) is 2.91. The minimum Gasteiger partial charge on any atom is -0.466 e. The highest BCUT2D eigenvalue weighted by atomic mass is 16.3. The summed E-state index contributed by atoms with van der Waals surface area (Å²) in [7, 11) is 0. The molecular formula is C13H17N3O. The van der Waals surface area contributed by atoms with Crippen molar-refractivity contribution in [1.29, 1.82) is 0 Å². The summed E-state index contributed by atoms with van der Waals surface area (Å²) in [6, 6.07) is 2.32. The molecule has 4 heteroatoms. The van der Waals surface area contributed by atoms with Crippen LogP contribution in [0.15, 0.2) is 29.1 Å². The number of nitrogens with zero attached hydrogens (tertiary/aromatic N) is 2. The molecule has 17 heavy (non-hydrogen) atoms. The molecule has 1 unspecified atom stereocenters. The third-order valence-corrected chi connectivity index (χ3v) is 2.75. The molecule has 2 aromatic heterocycles. The van der Waals surface area contributed by atoms with E-state index in [-0.39, 0.29) is 6.04 Å². The molecule has 0 saturated carbocycles. The lowest BCUT2D eigenvalue weighted by atomic mass is 10.1. The molecule has 0 spiro atoms. The van der Waals surface area contributed by atoms with Crippen molar-refractivity contribution in [3.8, 4) is 0 Å². The maximum atomic E-state index is 5.52. The Morgan fingerprint density at radius 3 is 2.76 bits per heavy atom. The lowest BCUT2D eigenvalue weighted by molar-refractivity contribution is 0.489. The first-order chi connectivity index (χ1) is 8.16. The van der Waals surface area contributed by atoms with E-state index in [9.17, 15) is 0 Å². The summed E-state index contributed by atoms with van der Waals surface area (Å²) in [6.45, 7) is 6.78. The van der Waals surface area contributed by atoms with Gasteiger partial charge in [0.1, 0.15) is 11.5 Å². The van der Waals surface area contributed by atoms with E-state index in [1.807, 2.05) is 13.8 Å². The molecule has 0 aliphatic rings. The fraction of sp³-hybridized carbons (Fsp3) is 0.385. The number of nitrogens with one attached hydrogen (secondary N) is 1. The van der Waals surface area contributed by atoms with E-state index < -0.39 is 0 Å². The van der Waals surface area contributed by atoms with Crippen LogP contribution in [0.2, 0.25) is 0 Å². The smallest absolute Gasteiger partial charge is 0.105 e. The van der Waals surface area contributed by atoms with E-state index in [2.05, 4.69) is 28.3 Å². The van der Waals surface area contributed by atoms with E-state index in [0.29, 0.717) is 6.54 Å². The molecule has 1 N–H and O–H groups in total. The van der Waals surface area contributed by atoms with Crippen LogP contribution in [0.3, 0.4) is 0 Å². The average Bonchev–Trinajstić information content (AvgIpc) is 2.67. The molecule has 0 aliphatic carbocycles. The predicted molar refractivity (Wildman–Crippen MR) is 65.5 cm³/mol. The Balaban J connectivity index is 1.98. The van der Waals surface area contributed by atoms with Crippen molar-refractivity contribution >= 4 is 0 Å². The molecule has 0 amide bonds. The van der Waals surface area contributed by atoms with Gasteiger partial charge < -0.3 is 9.73 Å². The number of aromatic nitrogens is 2. The molecule has 0 aliphatic heterocycles. The molecule has 2 heterocycles. The van der Waals surface area contributed by atoms with Gasteiger partial charge in [-0.3, -0.25) is 9.97 Å². The lowest BCUT2D eigenvalue weighted by Crippen LogP contribution is -2.19. The quantitative estimate of drug-likeness (QED) is 0.878. The first kappa shape index (κ1) is 11.8. The standard InChI is InChI=1S/C13H17N3O/c1-9-6-13(11(3)17-9)10(2)16-8-12-7-14-4-5-15-12/h4-7,10,16H,8H2,1-3H3. The Labute approximate surface area is 101 Å². The molecule has 90 valence electrons. The van der Waals surface area contributed by atoms with Gasteiger partial charge in [0, 0.05) is 36.7 Å². The van der Waals surface area contributed by atoms with Gasteiger partial charge in [0.2, 0.25) is 0 Å². The van der Waals surface area contributed by atoms with Crippen LogP contribution in [0.4, 0.5) is 0 Å². The number of aryl methyl sites for hydroxylation is 2. The fourth-order valence-corrected chi connectivity index (χ4v) is 1.87. The summed E-state index contributed by atoms with van der Waals surface area (Å²) in [5.74, 6) is 1.92. The van der Waals surface area contributed by atoms with Gasteiger partial charge in [0.15, 0.2) is 0 Å². The van der Waals surface area contributed by atoms with Gasteiger partial charge in [-0.15, -0.1) is 0 Å². The average molecular weight is 231 g/mol. The third-order valence-electron chi connectivity index (χ3n) is 2.75. The van der Waals surface area contributed by atoms with Crippen LogP contribution in [0.5, 0.6) is 0 Å². The lowest BCUT2D eigenvalue weighted by Gasteiger charge is -2.12. The van der Waals surface area contributed by atoms with E-state index in [1.54, 1.807) is 18.6 Å². The van der Waals surface area contributed by atoms with Crippen LogP contribution in [0.1, 0.15) is 35.7 Å². The monoisotopic (exact) mass is 231 g/mol. The SMILES string of the molecule is Cc1cc(C(C)NCc2cnccn2)c(C)o1. The number of furan rings is 1. The van der Waals surface area contributed by atoms with Crippen LogP contribution in [0.25, 0.3) is 0 Å². The van der Waals surface area contributed by atoms with E-state index >= 15 is 0 Å². The highest BCUT2D eigenvalue weighted by molar-refractivity contribution is 5.23. The van der Waals surface area contributed by atoms with E-state index in [4.69, 9.17) is 4.42 Å². The second-order valence-electron chi connectivity index (χ2n) is 4.17. The number of hydrogen-bond donors (Lipinski definition) is 1. The fourth-order valence-electron chi connectivity index (χ4n) is 1.87.